The third-order valence-corrected chi connectivity index (χ3v) is 4.41. The molecule has 0 aliphatic rings. The predicted octanol–water partition coefficient (Wildman–Crippen LogP) is 6.94. The second kappa shape index (κ2) is 17.5. The van der Waals surface area contributed by atoms with Crippen LogP contribution in [-0.4, -0.2) is 11.0 Å². The first-order valence-electron chi connectivity index (χ1n) is 10.7. The monoisotopic (exact) mass is 371 g/mol. The van der Waals surface area contributed by atoms with Gasteiger partial charge in [0.05, 0.1) is 5.69 Å². The molecule has 27 heavy (non-hydrogen) atoms. The Kier molecular flexibility index (Phi) is 15.0. The van der Waals surface area contributed by atoms with Crippen molar-refractivity contribution in [1.29, 1.82) is 0 Å². The molecule has 0 radical (unpaired) electrons. The van der Waals surface area contributed by atoms with E-state index in [4.69, 9.17) is 4.74 Å². The van der Waals surface area contributed by atoms with E-state index in [0.717, 1.165) is 25.0 Å². The SMILES string of the molecule is CCCCCC=CCCCCCC=CCCCC(=O)OCc1ccccn1. The molecule has 150 valence electrons. The Morgan fingerprint density at radius 3 is 2.11 bits per heavy atom. The van der Waals surface area contributed by atoms with Crippen LogP contribution in [-0.2, 0) is 16.1 Å². The van der Waals surface area contributed by atoms with Crippen LogP contribution in [0.1, 0.15) is 89.7 Å². The highest BCUT2D eigenvalue weighted by atomic mass is 16.5. The normalized spacial score (nSPS) is 11.4. The van der Waals surface area contributed by atoms with E-state index in [0.29, 0.717) is 6.42 Å². The van der Waals surface area contributed by atoms with Gasteiger partial charge in [-0.05, 0) is 63.5 Å². The zero-order valence-electron chi connectivity index (χ0n) is 17.1. The second-order valence-corrected chi connectivity index (χ2v) is 6.95. The van der Waals surface area contributed by atoms with Crippen molar-refractivity contribution in [3.05, 3.63) is 54.4 Å². The number of aromatic nitrogens is 1. The number of allylic oxidation sites excluding steroid dienone is 4. The van der Waals surface area contributed by atoms with Gasteiger partial charge in [0, 0.05) is 12.6 Å². The highest BCUT2D eigenvalue weighted by Crippen LogP contribution is 2.07. The van der Waals surface area contributed by atoms with E-state index in [2.05, 4.69) is 36.2 Å². The largest absolute Gasteiger partial charge is 0.459 e. The number of hydrogen-bond acceptors (Lipinski definition) is 3. The minimum atomic E-state index is -0.142. The topological polar surface area (TPSA) is 39.2 Å². The number of unbranched alkanes of at least 4 members (excludes halogenated alkanes) is 8. The van der Waals surface area contributed by atoms with Crippen molar-refractivity contribution in [3.8, 4) is 0 Å². The molecule has 1 aromatic rings. The summed E-state index contributed by atoms with van der Waals surface area (Å²) in [4.78, 5) is 15.8. The van der Waals surface area contributed by atoms with Gasteiger partial charge in [0.25, 0.3) is 0 Å². The van der Waals surface area contributed by atoms with E-state index in [-0.39, 0.29) is 12.6 Å². The minimum absolute atomic E-state index is 0.142. The number of carbonyl (C=O) groups is 1. The van der Waals surface area contributed by atoms with Gasteiger partial charge in [-0.2, -0.15) is 0 Å². The fourth-order valence-electron chi connectivity index (χ4n) is 2.76. The van der Waals surface area contributed by atoms with Crippen molar-refractivity contribution >= 4 is 5.97 Å². The standard InChI is InChI=1S/C24H37NO2/c1-2-3-4-5-6-7-8-9-10-11-12-13-14-15-16-20-24(26)27-22-23-19-17-18-21-25-23/h6-7,13-14,17-19,21H,2-5,8-12,15-16,20,22H2,1H3. The van der Waals surface area contributed by atoms with Crippen LogP contribution in [0.15, 0.2) is 48.7 Å². The zero-order chi connectivity index (χ0) is 19.4. The Bertz CT molecular complexity index is 522. The molecule has 0 saturated heterocycles. The molecule has 0 N–H and O–H groups in total. The summed E-state index contributed by atoms with van der Waals surface area (Å²) in [5.41, 5.74) is 0.790. The molecule has 0 aliphatic heterocycles. The zero-order valence-corrected chi connectivity index (χ0v) is 17.1. The van der Waals surface area contributed by atoms with E-state index in [9.17, 15) is 4.79 Å². The van der Waals surface area contributed by atoms with E-state index in [1.54, 1.807) is 6.20 Å². The third-order valence-electron chi connectivity index (χ3n) is 4.41. The van der Waals surface area contributed by atoms with Gasteiger partial charge in [0.1, 0.15) is 6.61 Å². The highest BCUT2D eigenvalue weighted by molar-refractivity contribution is 5.69. The van der Waals surface area contributed by atoms with Gasteiger partial charge in [-0.15, -0.1) is 0 Å². The maximum atomic E-state index is 11.7. The van der Waals surface area contributed by atoms with Crippen LogP contribution in [0.3, 0.4) is 0 Å². The number of rotatable bonds is 16. The third kappa shape index (κ3) is 14.9. The smallest absolute Gasteiger partial charge is 0.306 e. The summed E-state index contributed by atoms with van der Waals surface area (Å²) in [6, 6.07) is 5.61. The summed E-state index contributed by atoms with van der Waals surface area (Å²) in [7, 11) is 0. The molecule has 0 aromatic carbocycles. The van der Waals surface area contributed by atoms with Gasteiger partial charge in [-0.1, -0.05) is 56.6 Å². The number of pyridine rings is 1. The van der Waals surface area contributed by atoms with E-state index >= 15 is 0 Å². The Hall–Kier alpha value is -1.90. The lowest BCUT2D eigenvalue weighted by atomic mass is 10.1. The minimum Gasteiger partial charge on any atom is -0.459 e. The predicted molar refractivity (Wildman–Crippen MR) is 113 cm³/mol. The molecule has 0 amide bonds. The van der Waals surface area contributed by atoms with Crippen LogP contribution in [0.2, 0.25) is 0 Å². The summed E-state index contributed by atoms with van der Waals surface area (Å²) >= 11 is 0. The average molecular weight is 372 g/mol. The fraction of sp³-hybridized carbons (Fsp3) is 0.583. The Morgan fingerprint density at radius 2 is 1.52 bits per heavy atom. The van der Waals surface area contributed by atoms with Gasteiger partial charge in [0.2, 0.25) is 0 Å². The van der Waals surface area contributed by atoms with Crippen molar-refractivity contribution < 1.29 is 9.53 Å². The van der Waals surface area contributed by atoms with Crippen LogP contribution in [0.25, 0.3) is 0 Å². The molecule has 3 nitrogen and oxygen atoms in total. The molecular weight excluding hydrogens is 334 g/mol. The van der Waals surface area contributed by atoms with Crippen molar-refractivity contribution in [2.24, 2.45) is 0 Å². The molecule has 1 aromatic heterocycles. The average Bonchev–Trinajstić information content (AvgIpc) is 2.70. The Balaban J connectivity index is 1.86. The van der Waals surface area contributed by atoms with Crippen molar-refractivity contribution in [1.82, 2.24) is 4.98 Å². The molecule has 0 unspecified atom stereocenters. The molecule has 0 bridgehead atoms. The molecule has 1 heterocycles. The Labute approximate surface area is 165 Å². The van der Waals surface area contributed by atoms with Gasteiger partial charge in [0.15, 0.2) is 0 Å². The molecule has 3 heteroatoms. The summed E-state index contributed by atoms with van der Waals surface area (Å²) in [6.45, 7) is 2.51. The Morgan fingerprint density at radius 1 is 0.889 bits per heavy atom. The van der Waals surface area contributed by atoms with E-state index < -0.39 is 0 Å². The summed E-state index contributed by atoms with van der Waals surface area (Å²) in [6.07, 6.45) is 24.5. The first kappa shape index (κ1) is 23.1. The van der Waals surface area contributed by atoms with Crippen LogP contribution < -0.4 is 0 Å². The maximum absolute atomic E-state index is 11.7. The van der Waals surface area contributed by atoms with Gasteiger partial charge in [-0.3, -0.25) is 9.78 Å². The number of hydrogen-bond donors (Lipinski definition) is 0. The van der Waals surface area contributed by atoms with Gasteiger partial charge in [-0.25, -0.2) is 0 Å². The summed E-state index contributed by atoms with van der Waals surface area (Å²) in [5, 5.41) is 0. The number of carbonyl (C=O) groups excluding carboxylic acids is 1. The van der Waals surface area contributed by atoms with E-state index in [1.165, 1.54) is 51.4 Å². The molecule has 1 rings (SSSR count). The highest BCUT2D eigenvalue weighted by Gasteiger charge is 2.02. The van der Waals surface area contributed by atoms with Crippen molar-refractivity contribution in [3.63, 3.8) is 0 Å². The first-order chi connectivity index (χ1) is 13.3. The number of esters is 1. The molecular formula is C24H37NO2. The molecule has 0 spiro atoms. The molecule has 0 atom stereocenters. The maximum Gasteiger partial charge on any atom is 0.306 e. The van der Waals surface area contributed by atoms with E-state index in [1.807, 2.05) is 18.2 Å². The van der Waals surface area contributed by atoms with Gasteiger partial charge >= 0.3 is 5.97 Å². The molecule has 0 fully saturated rings. The molecule has 0 aliphatic carbocycles. The van der Waals surface area contributed by atoms with Crippen LogP contribution in [0.5, 0.6) is 0 Å². The summed E-state index contributed by atoms with van der Waals surface area (Å²) < 4.78 is 5.22. The van der Waals surface area contributed by atoms with Gasteiger partial charge < -0.3 is 4.74 Å². The fourth-order valence-corrected chi connectivity index (χ4v) is 2.76. The molecule has 0 saturated carbocycles. The quantitative estimate of drug-likeness (QED) is 0.179. The number of nitrogens with zero attached hydrogens (tertiary/aromatic N) is 1. The lowest BCUT2D eigenvalue weighted by molar-refractivity contribution is -0.145. The second-order valence-electron chi connectivity index (χ2n) is 6.95. The summed E-state index contributed by atoms with van der Waals surface area (Å²) in [5.74, 6) is -0.142. The van der Waals surface area contributed by atoms with Crippen molar-refractivity contribution in [2.45, 2.75) is 90.6 Å². The lowest BCUT2D eigenvalue weighted by Crippen LogP contribution is -2.04. The van der Waals surface area contributed by atoms with Crippen LogP contribution in [0.4, 0.5) is 0 Å². The number of ether oxygens (including phenoxy) is 1. The first-order valence-corrected chi connectivity index (χ1v) is 10.7. The van der Waals surface area contributed by atoms with Crippen LogP contribution in [0, 0.1) is 0 Å². The lowest BCUT2D eigenvalue weighted by Gasteiger charge is -2.03. The van der Waals surface area contributed by atoms with Crippen molar-refractivity contribution in [2.75, 3.05) is 0 Å². The van der Waals surface area contributed by atoms with Crippen LogP contribution >= 0.6 is 0 Å².